The molecule has 2 fully saturated rings. The second-order valence-corrected chi connectivity index (χ2v) is 8.66. The molecule has 9 nitrogen and oxygen atoms in total. The van der Waals surface area contributed by atoms with Crippen LogP contribution in [0.4, 0.5) is 15.0 Å². The summed E-state index contributed by atoms with van der Waals surface area (Å²) < 4.78 is 16.8. The SMILES string of the molecule is Cc1cn2nc(-c3cc(F)c4cc(N5C[C@@H]6C(NC(=O)O)[C@@H]6C5)nnc4c3)cc(C)c2n1. The Labute approximate surface area is 181 Å². The molecule has 1 unspecified atom stereocenters. The minimum atomic E-state index is -0.994. The van der Waals surface area contributed by atoms with Crippen LogP contribution in [-0.4, -0.2) is 55.1 Å². The molecule has 0 radical (unpaired) electrons. The van der Waals surface area contributed by atoms with Crippen LogP contribution < -0.4 is 10.2 Å². The number of benzene rings is 1. The van der Waals surface area contributed by atoms with E-state index in [4.69, 9.17) is 5.11 Å². The largest absolute Gasteiger partial charge is 0.465 e. The van der Waals surface area contributed by atoms with Gasteiger partial charge >= 0.3 is 6.09 Å². The molecule has 1 amide bonds. The molecule has 0 bridgehead atoms. The first-order valence-electron chi connectivity index (χ1n) is 10.4. The Morgan fingerprint density at radius 1 is 1.16 bits per heavy atom. The average Bonchev–Trinajstić information content (AvgIpc) is 3.08. The molecular weight excluding hydrogens is 413 g/mol. The molecule has 1 saturated carbocycles. The van der Waals surface area contributed by atoms with Crippen LogP contribution in [0.15, 0.2) is 30.5 Å². The second-order valence-electron chi connectivity index (χ2n) is 8.66. The zero-order valence-corrected chi connectivity index (χ0v) is 17.4. The van der Waals surface area contributed by atoms with Crippen LogP contribution in [0.3, 0.4) is 0 Å². The Balaban J connectivity index is 1.31. The Morgan fingerprint density at radius 3 is 2.69 bits per heavy atom. The van der Waals surface area contributed by atoms with E-state index in [0.717, 1.165) is 16.9 Å². The van der Waals surface area contributed by atoms with Crippen molar-refractivity contribution in [2.45, 2.75) is 19.9 Å². The van der Waals surface area contributed by atoms with E-state index in [1.165, 1.54) is 6.07 Å². The predicted molar refractivity (Wildman–Crippen MR) is 115 cm³/mol. The molecule has 10 heteroatoms. The molecule has 3 atom stereocenters. The maximum atomic E-state index is 15.1. The first kappa shape index (κ1) is 18.9. The standard InChI is InChI=1S/C22H20FN7O2/c1-10-3-17(28-30-7-11(2)24-21(10)30)12-4-16(23)13-6-19(27-26-18(13)5-12)29-8-14-15(9-29)20(14)25-22(31)32/h3-7,14-15,20,25H,8-9H2,1-2H3,(H,31,32)/t14-,15+,20?. The highest BCUT2D eigenvalue weighted by Gasteiger charge is 2.57. The monoisotopic (exact) mass is 433 g/mol. The molecule has 4 heterocycles. The van der Waals surface area contributed by atoms with Crippen LogP contribution in [-0.2, 0) is 0 Å². The van der Waals surface area contributed by atoms with Gasteiger partial charge in [-0.25, -0.2) is 18.7 Å². The van der Waals surface area contributed by atoms with Gasteiger partial charge in [0.2, 0.25) is 0 Å². The number of nitrogens with one attached hydrogen (secondary N) is 1. The van der Waals surface area contributed by atoms with Crippen molar-refractivity contribution >= 4 is 28.5 Å². The Morgan fingerprint density at radius 2 is 1.94 bits per heavy atom. The summed E-state index contributed by atoms with van der Waals surface area (Å²) in [5, 5.41) is 25.0. The third-order valence-corrected chi connectivity index (χ3v) is 6.48. The van der Waals surface area contributed by atoms with Gasteiger partial charge in [0.25, 0.3) is 0 Å². The molecule has 3 aromatic heterocycles. The summed E-state index contributed by atoms with van der Waals surface area (Å²) in [4.78, 5) is 17.3. The normalized spacial score (nSPS) is 21.8. The minimum absolute atomic E-state index is 0.00374. The molecule has 32 heavy (non-hydrogen) atoms. The van der Waals surface area contributed by atoms with E-state index < -0.39 is 6.09 Å². The van der Waals surface area contributed by atoms with E-state index in [-0.39, 0.29) is 23.7 Å². The molecular formula is C22H20FN7O2. The third-order valence-electron chi connectivity index (χ3n) is 6.48. The number of carbonyl (C=O) groups is 1. The van der Waals surface area contributed by atoms with E-state index in [0.29, 0.717) is 41.1 Å². The molecule has 4 aromatic rings. The topological polar surface area (TPSA) is 109 Å². The summed E-state index contributed by atoms with van der Waals surface area (Å²) in [5.41, 5.74) is 4.31. The van der Waals surface area contributed by atoms with Crippen LogP contribution in [0.2, 0.25) is 0 Å². The van der Waals surface area contributed by atoms with E-state index in [1.54, 1.807) is 16.6 Å². The number of hydrogen-bond donors (Lipinski definition) is 2. The zero-order valence-electron chi connectivity index (χ0n) is 17.4. The molecule has 1 aliphatic carbocycles. The lowest BCUT2D eigenvalue weighted by Gasteiger charge is -2.20. The summed E-state index contributed by atoms with van der Waals surface area (Å²) in [6.45, 7) is 5.23. The highest BCUT2D eigenvalue weighted by Crippen LogP contribution is 2.46. The van der Waals surface area contributed by atoms with Gasteiger partial charge in [0.1, 0.15) is 5.82 Å². The molecule has 2 N–H and O–H groups in total. The predicted octanol–water partition coefficient (Wildman–Crippen LogP) is 2.80. The fourth-order valence-electron chi connectivity index (χ4n) is 4.85. The third kappa shape index (κ3) is 2.94. The number of nitrogens with zero attached hydrogens (tertiary/aromatic N) is 6. The number of halogens is 1. The van der Waals surface area contributed by atoms with Crippen molar-refractivity contribution in [1.82, 2.24) is 30.1 Å². The molecule has 1 aromatic carbocycles. The lowest BCUT2D eigenvalue weighted by molar-refractivity contribution is 0.192. The number of amides is 1. The minimum Gasteiger partial charge on any atom is -0.465 e. The van der Waals surface area contributed by atoms with Crippen molar-refractivity contribution in [1.29, 1.82) is 0 Å². The second kappa shape index (κ2) is 6.59. The first-order valence-corrected chi connectivity index (χ1v) is 10.4. The molecule has 1 aliphatic heterocycles. The first-order chi connectivity index (χ1) is 15.4. The average molecular weight is 433 g/mol. The Kier molecular flexibility index (Phi) is 3.89. The van der Waals surface area contributed by atoms with Gasteiger partial charge in [-0.2, -0.15) is 5.10 Å². The van der Waals surface area contributed by atoms with Gasteiger partial charge in [-0.3, -0.25) is 0 Å². The van der Waals surface area contributed by atoms with Crippen LogP contribution >= 0.6 is 0 Å². The smallest absolute Gasteiger partial charge is 0.404 e. The van der Waals surface area contributed by atoms with Crippen molar-refractivity contribution < 1.29 is 14.3 Å². The van der Waals surface area contributed by atoms with Gasteiger partial charge in [0, 0.05) is 41.9 Å². The molecule has 0 spiro atoms. The number of imidazole rings is 1. The van der Waals surface area contributed by atoms with Crippen molar-refractivity contribution in [3.8, 4) is 11.3 Å². The van der Waals surface area contributed by atoms with Gasteiger partial charge in [0.05, 0.1) is 23.1 Å². The molecule has 6 rings (SSSR count). The number of rotatable bonds is 3. The molecule has 1 saturated heterocycles. The summed E-state index contributed by atoms with van der Waals surface area (Å²) in [5.74, 6) is 0.762. The van der Waals surface area contributed by atoms with E-state index in [9.17, 15) is 4.79 Å². The Bertz CT molecular complexity index is 1410. The maximum absolute atomic E-state index is 15.1. The summed E-state index contributed by atoms with van der Waals surface area (Å²) in [6.07, 6.45) is 0.846. The van der Waals surface area contributed by atoms with Gasteiger partial charge in [-0.15, -0.1) is 10.2 Å². The summed E-state index contributed by atoms with van der Waals surface area (Å²) >= 11 is 0. The quantitative estimate of drug-likeness (QED) is 0.511. The lowest BCUT2D eigenvalue weighted by Crippen LogP contribution is -2.34. The van der Waals surface area contributed by atoms with Crippen molar-refractivity contribution in [2.24, 2.45) is 11.8 Å². The molecule has 162 valence electrons. The van der Waals surface area contributed by atoms with E-state index in [2.05, 4.69) is 25.6 Å². The summed E-state index contributed by atoms with van der Waals surface area (Å²) in [6, 6.07) is 6.87. The van der Waals surface area contributed by atoms with Gasteiger partial charge in [-0.1, -0.05) is 0 Å². The highest BCUT2D eigenvalue weighted by atomic mass is 19.1. The van der Waals surface area contributed by atoms with Crippen LogP contribution in [0.25, 0.3) is 27.8 Å². The van der Waals surface area contributed by atoms with E-state index >= 15 is 4.39 Å². The Hall–Kier alpha value is -3.82. The number of aryl methyl sites for hydroxylation is 2. The van der Waals surface area contributed by atoms with E-state index in [1.807, 2.05) is 31.0 Å². The number of carboxylic acid groups (broad SMARTS) is 1. The van der Waals surface area contributed by atoms with Crippen LogP contribution in [0.5, 0.6) is 0 Å². The van der Waals surface area contributed by atoms with Crippen LogP contribution in [0.1, 0.15) is 11.3 Å². The van der Waals surface area contributed by atoms with Crippen molar-refractivity contribution in [2.75, 3.05) is 18.0 Å². The number of anilines is 1. The van der Waals surface area contributed by atoms with Gasteiger partial charge in [-0.05, 0) is 43.7 Å². The van der Waals surface area contributed by atoms with Crippen molar-refractivity contribution in [3.05, 3.63) is 47.5 Å². The number of piperidine rings is 1. The summed E-state index contributed by atoms with van der Waals surface area (Å²) in [7, 11) is 0. The maximum Gasteiger partial charge on any atom is 0.404 e. The van der Waals surface area contributed by atoms with Gasteiger partial charge in [0.15, 0.2) is 11.5 Å². The number of aromatic nitrogens is 5. The molecule has 2 aliphatic rings. The van der Waals surface area contributed by atoms with Gasteiger partial charge < -0.3 is 15.3 Å². The van der Waals surface area contributed by atoms with Crippen molar-refractivity contribution in [3.63, 3.8) is 0 Å². The highest BCUT2D eigenvalue weighted by molar-refractivity contribution is 5.86. The number of fused-ring (bicyclic) bond motifs is 3. The van der Waals surface area contributed by atoms with Crippen LogP contribution in [0, 0.1) is 31.5 Å². The number of hydrogen-bond acceptors (Lipinski definition) is 6. The fraction of sp³-hybridized carbons (Fsp3) is 0.318. The zero-order chi connectivity index (χ0) is 22.1. The lowest BCUT2D eigenvalue weighted by atomic mass is 10.1. The fourth-order valence-corrected chi connectivity index (χ4v) is 4.85.